The zero-order valence-corrected chi connectivity index (χ0v) is 17.3. The number of fused-ring (bicyclic) bond motifs is 4. The molecule has 5 heterocycles. The second kappa shape index (κ2) is 7.40. The van der Waals surface area contributed by atoms with Gasteiger partial charge in [-0.3, -0.25) is 0 Å². The van der Waals surface area contributed by atoms with Gasteiger partial charge in [0.2, 0.25) is 0 Å². The molecule has 2 aromatic heterocycles. The second-order valence-corrected chi connectivity index (χ2v) is 8.20. The molecule has 176 valence electrons. The summed E-state index contributed by atoms with van der Waals surface area (Å²) in [5.41, 5.74) is 1.97. The van der Waals surface area contributed by atoms with Crippen LogP contribution in [0.1, 0.15) is 34.5 Å². The van der Waals surface area contributed by atoms with Gasteiger partial charge in [-0.05, 0) is 25.0 Å². The highest BCUT2D eigenvalue weighted by Gasteiger charge is 2.49. The fraction of sp³-hybridized carbons (Fsp3) is 0.450. The Kier molecular flexibility index (Phi) is 4.85. The highest BCUT2D eigenvalue weighted by Crippen LogP contribution is 2.42. The number of aromatic nitrogens is 3. The molecule has 4 N–H and O–H groups in total. The van der Waals surface area contributed by atoms with Gasteiger partial charge < -0.3 is 25.7 Å². The molecule has 1 saturated carbocycles. The number of nitrogen functional groups attached to an aromatic ring is 1. The van der Waals surface area contributed by atoms with E-state index in [1.165, 1.54) is 6.92 Å². The lowest BCUT2D eigenvalue weighted by atomic mass is 9.85. The Morgan fingerprint density at radius 2 is 2.06 bits per heavy atom. The molecule has 2 aromatic rings. The standard InChI is InChI=1S/C20H19F5N6O2/c1-7-4-11(26)28-16(12(7)20(23,24)25)17-14(22)15-8(6-27-17)18(30-19(32)29-15)31-2-3-33-10-5-9(31)13(10)21/h4,9-10,13,27H,2-3,5-6H2,1H3,(H2,26,28)(H,29,30,32)/t9-,10+,13+/m0/s1. The van der Waals surface area contributed by atoms with Crippen LogP contribution in [0.3, 0.4) is 0 Å². The first kappa shape index (κ1) is 21.6. The van der Waals surface area contributed by atoms with Crippen molar-refractivity contribution in [2.45, 2.75) is 44.4 Å². The van der Waals surface area contributed by atoms with Gasteiger partial charge in [-0.2, -0.15) is 18.2 Å². The van der Waals surface area contributed by atoms with Crippen LogP contribution in [0.5, 0.6) is 0 Å². The quantitative estimate of drug-likeness (QED) is 0.578. The molecule has 0 unspecified atom stereocenters. The maximum absolute atomic E-state index is 15.6. The zero-order chi connectivity index (χ0) is 23.7. The molecule has 0 amide bonds. The fourth-order valence-electron chi connectivity index (χ4n) is 4.62. The van der Waals surface area contributed by atoms with Gasteiger partial charge in [-0.15, -0.1) is 0 Å². The summed E-state index contributed by atoms with van der Waals surface area (Å²) in [5, 5.41) is 2.63. The van der Waals surface area contributed by atoms with Crippen molar-refractivity contribution in [1.82, 2.24) is 20.3 Å². The summed E-state index contributed by atoms with van der Waals surface area (Å²) in [6.45, 7) is 1.46. The van der Waals surface area contributed by atoms with Gasteiger partial charge in [-0.25, -0.2) is 18.6 Å². The molecule has 4 aliphatic rings. The van der Waals surface area contributed by atoms with E-state index in [4.69, 9.17) is 10.5 Å². The number of anilines is 2. The Morgan fingerprint density at radius 1 is 1.30 bits per heavy atom. The number of aryl methyl sites for hydroxylation is 1. The molecular weight excluding hydrogens is 451 g/mol. The number of aromatic amines is 1. The van der Waals surface area contributed by atoms with Crippen LogP contribution < -0.4 is 21.6 Å². The summed E-state index contributed by atoms with van der Waals surface area (Å²) in [5.74, 6) is -1.29. The van der Waals surface area contributed by atoms with Crippen molar-refractivity contribution in [3.63, 3.8) is 0 Å². The van der Waals surface area contributed by atoms with E-state index >= 15 is 4.39 Å². The van der Waals surface area contributed by atoms with Crippen LogP contribution in [0.25, 0.3) is 11.5 Å². The fourth-order valence-corrected chi connectivity index (χ4v) is 4.62. The van der Waals surface area contributed by atoms with E-state index in [1.807, 2.05) is 0 Å². The number of nitrogens with two attached hydrogens (primary N) is 1. The number of alkyl halides is 4. The number of hydrogen-bond donors (Lipinski definition) is 3. The topological polar surface area (TPSA) is 109 Å². The first-order valence-corrected chi connectivity index (χ1v) is 10.2. The minimum Gasteiger partial charge on any atom is -0.384 e. The van der Waals surface area contributed by atoms with E-state index in [0.29, 0.717) is 6.42 Å². The highest BCUT2D eigenvalue weighted by atomic mass is 19.4. The van der Waals surface area contributed by atoms with Crippen molar-refractivity contribution in [3.05, 3.63) is 44.6 Å². The van der Waals surface area contributed by atoms with Crippen molar-refractivity contribution < 1.29 is 26.7 Å². The van der Waals surface area contributed by atoms with E-state index in [0.717, 1.165) is 6.07 Å². The number of hydrogen-bond acceptors (Lipinski definition) is 7. The summed E-state index contributed by atoms with van der Waals surface area (Å²) >= 11 is 0. The summed E-state index contributed by atoms with van der Waals surface area (Å²) in [6, 6.07) is 0.464. The molecule has 0 spiro atoms. The van der Waals surface area contributed by atoms with E-state index in [-0.39, 0.29) is 48.2 Å². The zero-order valence-electron chi connectivity index (χ0n) is 17.3. The molecule has 0 aromatic carbocycles. The van der Waals surface area contributed by atoms with Gasteiger partial charge in [0.1, 0.15) is 23.5 Å². The van der Waals surface area contributed by atoms with Crippen molar-refractivity contribution in [3.8, 4) is 0 Å². The lowest BCUT2D eigenvalue weighted by Crippen LogP contribution is -2.56. The molecule has 33 heavy (non-hydrogen) atoms. The van der Waals surface area contributed by atoms with Crippen LogP contribution in [0.15, 0.2) is 10.9 Å². The Balaban J connectivity index is 1.66. The summed E-state index contributed by atoms with van der Waals surface area (Å²) in [6.07, 6.45) is -6.25. The van der Waals surface area contributed by atoms with Crippen LogP contribution in [0, 0.1) is 6.92 Å². The highest BCUT2D eigenvalue weighted by molar-refractivity contribution is 5.89. The first-order valence-electron chi connectivity index (χ1n) is 10.2. The van der Waals surface area contributed by atoms with Gasteiger partial charge in [-0.1, -0.05) is 0 Å². The van der Waals surface area contributed by atoms with Gasteiger partial charge >= 0.3 is 11.9 Å². The Hall–Kier alpha value is -3.22. The number of ether oxygens (including phenoxy) is 1. The van der Waals surface area contributed by atoms with Crippen LogP contribution >= 0.6 is 0 Å². The lowest BCUT2D eigenvalue weighted by Gasteiger charge is -2.42. The van der Waals surface area contributed by atoms with Crippen LogP contribution in [0.4, 0.5) is 33.6 Å². The van der Waals surface area contributed by atoms with Crippen molar-refractivity contribution in [2.75, 3.05) is 23.8 Å². The van der Waals surface area contributed by atoms with Crippen LogP contribution in [-0.4, -0.2) is 46.4 Å². The van der Waals surface area contributed by atoms with E-state index in [9.17, 15) is 22.4 Å². The summed E-state index contributed by atoms with van der Waals surface area (Å²) in [4.78, 5) is 23.8. The van der Waals surface area contributed by atoms with Crippen LogP contribution in [0.2, 0.25) is 0 Å². The van der Waals surface area contributed by atoms with Gasteiger partial charge in [0.25, 0.3) is 0 Å². The third kappa shape index (κ3) is 3.41. The van der Waals surface area contributed by atoms with E-state index < -0.39 is 53.0 Å². The molecule has 3 atom stereocenters. The molecule has 1 aliphatic carbocycles. The molecule has 8 nitrogen and oxygen atoms in total. The predicted octanol–water partition coefficient (Wildman–Crippen LogP) is 2.29. The summed E-state index contributed by atoms with van der Waals surface area (Å²) in [7, 11) is 0. The molecule has 3 fully saturated rings. The smallest absolute Gasteiger partial charge is 0.384 e. The normalized spacial score (nSPS) is 24.7. The monoisotopic (exact) mass is 470 g/mol. The number of H-pyrrole nitrogens is 1. The maximum atomic E-state index is 15.6. The average molecular weight is 470 g/mol. The average Bonchev–Trinajstić information content (AvgIpc) is 3.04. The Bertz CT molecular complexity index is 1230. The molecule has 6 rings (SSSR count). The molecule has 2 bridgehead atoms. The molecule has 13 heteroatoms. The van der Waals surface area contributed by atoms with Crippen molar-refractivity contribution in [1.29, 1.82) is 0 Å². The maximum Gasteiger partial charge on any atom is 0.418 e. The number of nitrogens with one attached hydrogen (secondary N) is 2. The lowest BCUT2D eigenvalue weighted by molar-refractivity contribution is -0.138. The number of pyridine rings is 1. The number of nitrogens with zero attached hydrogens (tertiary/aromatic N) is 3. The third-order valence-electron chi connectivity index (χ3n) is 6.18. The molecular formula is C20H19F5N6O2. The van der Waals surface area contributed by atoms with E-state index in [1.54, 1.807) is 4.90 Å². The predicted molar refractivity (Wildman–Crippen MR) is 108 cm³/mol. The minimum atomic E-state index is -4.82. The summed E-state index contributed by atoms with van der Waals surface area (Å²) < 4.78 is 76.7. The Morgan fingerprint density at radius 3 is 2.76 bits per heavy atom. The van der Waals surface area contributed by atoms with Crippen molar-refractivity contribution >= 4 is 23.2 Å². The van der Waals surface area contributed by atoms with Crippen LogP contribution in [-0.2, 0) is 17.5 Å². The number of rotatable bonds is 2. The third-order valence-corrected chi connectivity index (χ3v) is 6.18. The molecule has 3 aliphatic heterocycles. The van der Waals surface area contributed by atoms with Gasteiger partial charge in [0.05, 0.1) is 35.7 Å². The molecule has 0 radical (unpaired) electrons. The Labute approximate surface area is 183 Å². The molecule has 2 saturated heterocycles. The number of halogens is 5. The SMILES string of the molecule is Cc1cc(N)nc(C2=C(F)c3[nH]c(=O)nc(N4CCO[C@@H]5C[C@H]4[C@H]5F)c3CN2)c1C(F)(F)F. The van der Waals surface area contributed by atoms with E-state index in [2.05, 4.69) is 20.3 Å². The van der Waals surface area contributed by atoms with Gasteiger partial charge in [0, 0.05) is 18.7 Å². The van der Waals surface area contributed by atoms with Crippen molar-refractivity contribution in [2.24, 2.45) is 0 Å². The van der Waals surface area contributed by atoms with Gasteiger partial charge in [0.15, 0.2) is 5.83 Å². The largest absolute Gasteiger partial charge is 0.418 e. The second-order valence-electron chi connectivity index (χ2n) is 8.20. The minimum absolute atomic E-state index is 0.0693. The first-order chi connectivity index (χ1) is 15.6.